The molecule has 3 nitrogen and oxygen atoms in total. The van der Waals surface area contributed by atoms with E-state index in [9.17, 15) is 4.79 Å². The highest BCUT2D eigenvalue weighted by Gasteiger charge is 2.59. The lowest BCUT2D eigenvalue weighted by Gasteiger charge is -2.58. The number of carboxylic acids is 1. The van der Waals surface area contributed by atoms with E-state index in [0.29, 0.717) is 23.4 Å². The summed E-state index contributed by atoms with van der Waals surface area (Å²) >= 11 is 0. The van der Waals surface area contributed by atoms with Crippen LogP contribution in [-0.4, -0.2) is 23.7 Å². The number of hydrogen-bond acceptors (Lipinski definition) is 2. The third kappa shape index (κ3) is 5.41. The molecule has 3 saturated carbocycles. The van der Waals surface area contributed by atoms with Gasteiger partial charge in [-0.3, -0.25) is 4.79 Å². The third-order valence-electron chi connectivity index (χ3n) is 11.1. The second-order valence-electron chi connectivity index (χ2n) is 13.3. The first-order valence-corrected chi connectivity index (χ1v) is 14.3. The van der Waals surface area contributed by atoms with E-state index in [-0.39, 0.29) is 18.8 Å². The number of fused-ring (bicyclic) bond motifs is 5. The van der Waals surface area contributed by atoms with Crippen molar-refractivity contribution in [2.45, 2.75) is 118 Å². The standard InChI is InChI=1S/C30H51NO2.ClH/c1-20(2)7-6-8-21(3)25-11-12-26-24-10-9-22-19-23(31-18-15-28(32)33)13-16-29(22,4)27(24)14-17-30(25,26)5;/h9,20-21,23-27,31H,6-8,10-19H2,1-5H3,(H,32,33);1H/t21-,23+,24+,25-,26+,27+,29+,30-;/m1./s1. The van der Waals surface area contributed by atoms with Gasteiger partial charge in [-0.2, -0.15) is 0 Å². The number of halogens is 1. The van der Waals surface area contributed by atoms with E-state index in [1.165, 1.54) is 64.2 Å². The van der Waals surface area contributed by atoms with Crippen molar-refractivity contribution in [3.63, 3.8) is 0 Å². The molecule has 0 radical (unpaired) electrons. The fourth-order valence-electron chi connectivity index (χ4n) is 9.24. The van der Waals surface area contributed by atoms with Crippen LogP contribution in [0.5, 0.6) is 0 Å². The van der Waals surface area contributed by atoms with E-state index in [1.807, 2.05) is 0 Å². The van der Waals surface area contributed by atoms with Gasteiger partial charge in [-0.1, -0.05) is 65.5 Å². The molecule has 0 aromatic rings. The van der Waals surface area contributed by atoms with Crippen LogP contribution >= 0.6 is 12.4 Å². The summed E-state index contributed by atoms with van der Waals surface area (Å²) in [5, 5.41) is 12.5. The molecule has 0 spiro atoms. The molecule has 0 amide bonds. The first kappa shape index (κ1) is 28.0. The van der Waals surface area contributed by atoms with Crippen LogP contribution < -0.4 is 5.32 Å². The van der Waals surface area contributed by atoms with Gasteiger partial charge >= 0.3 is 5.97 Å². The minimum atomic E-state index is -0.697. The fraction of sp³-hybridized carbons (Fsp3) is 0.900. The van der Waals surface area contributed by atoms with Crippen LogP contribution in [0.15, 0.2) is 11.6 Å². The highest BCUT2D eigenvalue weighted by atomic mass is 35.5. The monoisotopic (exact) mass is 493 g/mol. The van der Waals surface area contributed by atoms with E-state index in [0.717, 1.165) is 41.9 Å². The Morgan fingerprint density at radius 3 is 2.56 bits per heavy atom. The SMILES string of the molecule is CC(C)CCC[C@@H](C)[C@H]1CC[C@H]2[C@@H]3CC=C4C[C@@H](NCCC(=O)O)CC[C@]4(C)[C@H]3CC[C@]12C.Cl. The van der Waals surface area contributed by atoms with E-state index in [4.69, 9.17) is 5.11 Å². The van der Waals surface area contributed by atoms with Crippen LogP contribution in [-0.2, 0) is 4.79 Å². The normalized spacial score (nSPS) is 39.9. The highest BCUT2D eigenvalue weighted by molar-refractivity contribution is 5.85. The maximum absolute atomic E-state index is 10.9. The average molecular weight is 494 g/mol. The van der Waals surface area contributed by atoms with Crippen molar-refractivity contribution in [2.24, 2.45) is 46.3 Å². The summed E-state index contributed by atoms with van der Waals surface area (Å²) in [5.74, 6) is 4.64. The molecular formula is C30H52ClNO2. The van der Waals surface area contributed by atoms with Crippen molar-refractivity contribution in [1.29, 1.82) is 0 Å². The molecule has 4 aliphatic carbocycles. The Bertz CT molecular complexity index is 735. The Hall–Kier alpha value is -0.540. The van der Waals surface area contributed by atoms with Gasteiger partial charge in [-0.15, -0.1) is 12.4 Å². The molecule has 0 aromatic heterocycles. The maximum atomic E-state index is 10.9. The number of rotatable bonds is 9. The molecule has 196 valence electrons. The lowest BCUT2D eigenvalue weighted by Crippen LogP contribution is -2.51. The quantitative estimate of drug-likeness (QED) is 0.321. The molecule has 4 rings (SSSR count). The van der Waals surface area contributed by atoms with E-state index >= 15 is 0 Å². The summed E-state index contributed by atoms with van der Waals surface area (Å²) in [6.45, 7) is 13.2. The van der Waals surface area contributed by atoms with Gasteiger partial charge in [0.25, 0.3) is 0 Å². The topological polar surface area (TPSA) is 49.3 Å². The first-order valence-electron chi connectivity index (χ1n) is 14.3. The van der Waals surface area contributed by atoms with Crippen LogP contribution in [0, 0.1) is 46.3 Å². The Balaban J connectivity index is 0.00000324. The molecule has 4 heteroatoms. The van der Waals surface area contributed by atoms with E-state index < -0.39 is 5.97 Å². The largest absolute Gasteiger partial charge is 0.481 e. The lowest BCUT2D eigenvalue weighted by atomic mass is 9.47. The Kier molecular flexibility index (Phi) is 9.27. The minimum absolute atomic E-state index is 0. The smallest absolute Gasteiger partial charge is 0.304 e. The molecule has 0 heterocycles. The van der Waals surface area contributed by atoms with E-state index in [1.54, 1.807) is 5.57 Å². The first-order chi connectivity index (χ1) is 15.6. The van der Waals surface area contributed by atoms with Gasteiger partial charge in [0.15, 0.2) is 0 Å². The molecule has 0 bridgehead atoms. The molecule has 0 saturated heterocycles. The Morgan fingerprint density at radius 1 is 1.09 bits per heavy atom. The number of hydrogen-bond donors (Lipinski definition) is 2. The zero-order valence-corrected chi connectivity index (χ0v) is 23.4. The molecule has 0 aliphatic heterocycles. The Morgan fingerprint density at radius 2 is 1.85 bits per heavy atom. The number of carbonyl (C=O) groups is 1. The van der Waals surface area contributed by atoms with Crippen LogP contribution in [0.25, 0.3) is 0 Å². The van der Waals surface area contributed by atoms with Crippen molar-refractivity contribution in [1.82, 2.24) is 5.32 Å². The number of allylic oxidation sites excluding steroid dienone is 1. The highest BCUT2D eigenvalue weighted by Crippen LogP contribution is 2.67. The molecule has 34 heavy (non-hydrogen) atoms. The molecule has 0 unspecified atom stereocenters. The summed E-state index contributed by atoms with van der Waals surface area (Å²) in [7, 11) is 0. The predicted octanol–water partition coefficient (Wildman–Crippen LogP) is 7.88. The molecular weight excluding hydrogens is 442 g/mol. The summed E-state index contributed by atoms with van der Waals surface area (Å²) in [4.78, 5) is 10.9. The molecule has 3 fully saturated rings. The molecule has 0 aromatic carbocycles. The number of carboxylic acid groups (broad SMARTS) is 1. The van der Waals surface area contributed by atoms with E-state index in [2.05, 4.69) is 46.0 Å². The van der Waals surface area contributed by atoms with Crippen molar-refractivity contribution < 1.29 is 9.90 Å². The summed E-state index contributed by atoms with van der Waals surface area (Å²) in [6.07, 6.45) is 17.8. The van der Waals surface area contributed by atoms with Crippen molar-refractivity contribution >= 4 is 18.4 Å². The zero-order chi connectivity index (χ0) is 23.8. The maximum Gasteiger partial charge on any atom is 0.304 e. The summed E-state index contributed by atoms with van der Waals surface area (Å²) in [6, 6.07) is 0.469. The van der Waals surface area contributed by atoms with Crippen LogP contribution in [0.3, 0.4) is 0 Å². The van der Waals surface area contributed by atoms with Gasteiger partial charge in [-0.05, 0) is 97.7 Å². The van der Waals surface area contributed by atoms with Crippen molar-refractivity contribution in [3.8, 4) is 0 Å². The van der Waals surface area contributed by atoms with Gasteiger partial charge in [-0.25, -0.2) is 0 Å². The predicted molar refractivity (Wildman–Crippen MR) is 144 cm³/mol. The van der Waals surface area contributed by atoms with Gasteiger partial charge in [0.2, 0.25) is 0 Å². The van der Waals surface area contributed by atoms with Crippen molar-refractivity contribution in [2.75, 3.05) is 6.54 Å². The summed E-state index contributed by atoms with van der Waals surface area (Å²) < 4.78 is 0. The van der Waals surface area contributed by atoms with Crippen molar-refractivity contribution in [3.05, 3.63) is 11.6 Å². The van der Waals surface area contributed by atoms with Gasteiger partial charge in [0.1, 0.15) is 0 Å². The lowest BCUT2D eigenvalue weighted by molar-refractivity contribution is -0.136. The van der Waals surface area contributed by atoms with Crippen LogP contribution in [0.1, 0.15) is 112 Å². The van der Waals surface area contributed by atoms with Crippen LogP contribution in [0.2, 0.25) is 0 Å². The number of nitrogens with one attached hydrogen (secondary N) is 1. The zero-order valence-electron chi connectivity index (χ0n) is 22.6. The average Bonchev–Trinajstić information content (AvgIpc) is 3.10. The molecule has 2 N–H and O–H groups in total. The van der Waals surface area contributed by atoms with Gasteiger partial charge < -0.3 is 10.4 Å². The second-order valence-corrected chi connectivity index (χ2v) is 13.3. The molecule has 8 atom stereocenters. The van der Waals surface area contributed by atoms with Gasteiger partial charge in [0, 0.05) is 12.6 Å². The van der Waals surface area contributed by atoms with Crippen LogP contribution in [0.4, 0.5) is 0 Å². The second kappa shape index (κ2) is 11.2. The molecule has 4 aliphatic rings. The Labute approximate surface area is 215 Å². The minimum Gasteiger partial charge on any atom is -0.481 e. The fourth-order valence-corrected chi connectivity index (χ4v) is 9.24. The van der Waals surface area contributed by atoms with Gasteiger partial charge in [0.05, 0.1) is 6.42 Å². The third-order valence-corrected chi connectivity index (χ3v) is 11.1. The summed E-state index contributed by atoms with van der Waals surface area (Å²) in [5.41, 5.74) is 2.65. The number of aliphatic carboxylic acids is 1.